The lowest BCUT2D eigenvalue weighted by Gasteiger charge is -2.37. The predicted molar refractivity (Wildman–Crippen MR) is 121 cm³/mol. The number of amides is 3. The van der Waals surface area contributed by atoms with Crippen molar-refractivity contribution in [2.24, 2.45) is 0 Å². The smallest absolute Gasteiger partial charge is 0.264 e. The third kappa shape index (κ3) is 5.15. The Labute approximate surface area is 187 Å². The number of thiophene rings is 1. The molecule has 0 radical (unpaired) electrons. The van der Waals surface area contributed by atoms with Crippen LogP contribution in [0.3, 0.4) is 0 Å². The van der Waals surface area contributed by atoms with E-state index in [1.54, 1.807) is 4.90 Å². The van der Waals surface area contributed by atoms with Gasteiger partial charge in [0.15, 0.2) is 0 Å². The summed E-state index contributed by atoms with van der Waals surface area (Å²) in [5.41, 5.74) is 1.25. The number of aryl methyl sites for hydroxylation is 1. The zero-order chi connectivity index (χ0) is 21.6. The van der Waals surface area contributed by atoms with Crippen molar-refractivity contribution in [2.45, 2.75) is 38.1 Å². The summed E-state index contributed by atoms with van der Waals surface area (Å²) in [6, 6.07) is 13.5. The number of hydrogen-bond acceptors (Lipinski definition) is 4. The zero-order valence-corrected chi connectivity index (χ0v) is 18.6. The van der Waals surface area contributed by atoms with E-state index in [2.05, 4.69) is 12.1 Å². The van der Waals surface area contributed by atoms with Gasteiger partial charge in [-0.25, -0.2) is 0 Å². The SMILES string of the molecule is O=C(CCCc1ccccc1)N1CCN(C(=O)[C@@H]2CCCN2C(=O)c2cccs2)CC1. The van der Waals surface area contributed by atoms with Gasteiger partial charge < -0.3 is 14.7 Å². The van der Waals surface area contributed by atoms with Crippen molar-refractivity contribution in [1.29, 1.82) is 0 Å². The Bertz CT molecular complexity index is 892. The van der Waals surface area contributed by atoms with Gasteiger partial charge in [-0.15, -0.1) is 11.3 Å². The van der Waals surface area contributed by atoms with Gasteiger partial charge in [-0.05, 0) is 42.7 Å². The maximum absolute atomic E-state index is 13.1. The molecule has 164 valence electrons. The first kappa shape index (κ1) is 21.6. The van der Waals surface area contributed by atoms with Crippen LogP contribution < -0.4 is 0 Å². The zero-order valence-electron chi connectivity index (χ0n) is 17.7. The molecule has 2 aliphatic heterocycles. The molecule has 1 aromatic heterocycles. The molecule has 1 atom stereocenters. The number of benzene rings is 1. The van der Waals surface area contributed by atoms with Crippen LogP contribution in [0.25, 0.3) is 0 Å². The van der Waals surface area contributed by atoms with Crippen molar-refractivity contribution in [2.75, 3.05) is 32.7 Å². The molecular formula is C24H29N3O3S. The molecule has 2 aliphatic rings. The average molecular weight is 440 g/mol. The maximum atomic E-state index is 13.1. The predicted octanol–water partition coefficient (Wildman–Crippen LogP) is 3.05. The molecule has 2 aromatic rings. The number of hydrogen-bond donors (Lipinski definition) is 0. The molecule has 0 spiro atoms. The van der Waals surface area contributed by atoms with Crippen molar-refractivity contribution in [1.82, 2.24) is 14.7 Å². The second kappa shape index (κ2) is 10.1. The minimum Gasteiger partial charge on any atom is -0.339 e. The summed E-state index contributed by atoms with van der Waals surface area (Å²) in [6.45, 7) is 2.86. The molecule has 3 heterocycles. The van der Waals surface area contributed by atoms with Gasteiger partial charge in [0.25, 0.3) is 5.91 Å². The van der Waals surface area contributed by atoms with Crippen LogP contribution in [-0.2, 0) is 16.0 Å². The van der Waals surface area contributed by atoms with Crippen LogP contribution in [0.4, 0.5) is 0 Å². The van der Waals surface area contributed by atoms with Crippen molar-refractivity contribution in [3.8, 4) is 0 Å². The first-order valence-corrected chi connectivity index (χ1v) is 12.0. The van der Waals surface area contributed by atoms with E-state index in [0.717, 1.165) is 19.3 Å². The van der Waals surface area contributed by atoms with E-state index in [9.17, 15) is 14.4 Å². The highest BCUT2D eigenvalue weighted by molar-refractivity contribution is 7.12. The second-order valence-electron chi connectivity index (χ2n) is 8.18. The van der Waals surface area contributed by atoms with Gasteiger partial charge in [-0.3, -0.25) is 14.4 Å². The third-order valence-corrected chi connectivity index (χ3v) is 7.03. The Morgan fingerprint density at radius 2 is 1.65 bits per heavy atom. The minimum absolute atomic E-state index is 0.0265. The van der Waals surface area contributed by atoms with Crippen molar-refractivity contribution < 1.29 is 14.4 Å². The van der Waals surface area contributed by atoms with E-state index < -0.39 is 0 Å². The fourth-order valence-corrected chi connectivity index (χ4v) is 5.12. The molecule has 2 saturated heterocycles. The fourth-order valence-electron chi connectivity index (χ4n) is 4.44. The molecule has 0 N–H and O–H groups in total. The maximum Gasteiger partial charge on any atom is 0.264 e. The van der Waals surface area contributed by atoms with Crippen LogP contribution in [0.1, 0.15) is 40.9 Å². The standard InChI is InChI=1S/C24H29N3O3S/c28-22(12-4-9-19-7-2-1-3-8-19)25-14-16-26(17-15-25)23(29)20-10-5-13-27(20)24(30)21-11-6-18-31-21/h1-3,6-8,11,18,20H,4-5,9-10,12-17H2/t20-/m0/s1. The second-order valence-corrected chi connectivity index (χ2v) is 9.13. The highest BCUT2D eigenvalue weighted by atomic mass is 32.1. The number of carbonyl (C=O) groups excluding carboxylic acids is 3. The lowest BCUT2D eigenvalue weighted by molar-refractivity contribution is -0.142. The van der Waals surface area contributed by atoms with Crippen LogP contribution in [-0.4, -0.2) is 71.2 Å². The summed E-state index contributed by atoms with van der Waals surface area (Å²) < 4.78 is 0. The van der Waals surface area contributed by atoms with E-state index in [4.69, 9.17) is 0 Å². The van der Waals surface area contributed by atoms with Crippen molar-refractivity contribution in [3.05, 3.63) is 58.3 Å². The molecule has 3 amide bonds. The van der Waals surface area contributed by atoms with Gasteiger partial charge in [0.05, 0.1) is 4.88 Å². The van der Waals surface area contributed by atoms with Crippen LogP contribution in [0.2, 0.25) is 0 Å². The quantitative estimate of drug-likeness (QED) is 0.695. The first-order chi connectivity index (χ1) is 15.1. The third-order valence-electron chi connectivity index (χ3n) is 6.17. The highest BCUT2D eigenvalue weighted by Crippen LogP contribution is 2.24. The summed E-state index contributed by atoms with van der Waals surface area (Å²) in [5, 5.41) is 1.89. The molecule has 0 unspecified atom stereocenters. The lowest BCUT2D eigenvalue weighted by atomic mass is 10.1. The van der Waals surface area contributed by atoms with E-state index >= 15 is 0 Å². The van der Waals surface area contributed by atoms with E-state index in [-0.39, 0.29) is 23.8 Å². The lowest BCUT2D eigenvalue weighted by Crippen LogP contribution is -2.55. The Balaban J connectivity index is 1.24. The summed E-state index contributed by atoms with van der Waals surface area (Å²) >= 11 is 1.42. The molecule has 31 heavy (non-hydrogen) atoms. The number of carbonyl (C=O) groups is 3. The Morgan fingerprint density at radius 3 is 2.35 bits per heavy atom. The van der Waals surface area contributed by atoms with Crippen LogP contribution in [0.15, 0.2) is 47.8 Å². The fraction of sp³-hybridized carbons (Fsp3) is 0.458. The normalized spacial score (nSPS) is 19.0. The Morgan fingerprint density at radius 1 is 0.903 bits per heavy atom. The number of nitrogens with zero attached hydrogens (tertiary/aromatic N) is 3. The van der Waals surface area contributed by atoms with Gasteiger partial charge in [-0.2, -0.15) is 0 Å². The molecule has 7 heteroatoms. The summed E-state index contributed by atoms with van der Waals surface area (Å²) in [5.74, 6) is 0.148. The van der Waals surface area contributed by atoms with Gasteiger partial charge in [-0.1, -0.05) is 36.4 Å². The first-order valence-electron chi connectivity index (χ1n) is 11.1. The summed E-state index contributed by atoms with van der Waals surface area (Å²) in [7, 11) is 0. The molecule has 0 bridgehead atoms. The Hall–Kier alpha value is -2.67. The van der Waals surface area contributed by atoms with Crippen molar-refractivity contribution in [3.63, 3.8) is 0 Å². The number of piperazine rings is 1. The molecule has 0 aliphatic carbocycles. The minimum atomic E-state index is -0.372. The molecular weight excluding hydrogens is 410 g/mol. The summed E-state index contributed by atoms with van der Waals surface area (Å²) in [4.78, 5) is 44.6. The van der Waals surface area contributed by atoms with Crippen LogP contribution >= 0.6 is 11.3 Å². The van der Waals surface area contributed by atoms with Gasteiger partial charge >= 0.3 is 0 Å². The molecule has 1 aromatic carbocycles. The summed E-state index contributed by atoms with van der Waals surface area (Å²) in [6.07, 6.45) is 3.85. The van der Waals surface area contributed by atoms with Crippen LogP contribution in [0.5, 0.6) is 0 Å². The van der Waals surface area contributed by atoms with E-state index in [1.807, 2.05) is 45.5 Å². The molecule has 0 saturated carbocycles. The molecule has 2 fully saturated rings. The van der Waals surface area contributed by atoms with Crippen LogP contribution in [0, 0.1) is 0 Å². The molecule has 6 nitrogen and oxygen atoms in total. The number of likely N-dealkylation sites (tertiary alicyclic amines) is 1. The van der Waals surface area contributed by atoms with Gasteiger partial charge in [0.2, 0.25) is 11.8 Å². The largest absolute Gasteiger partial charge is 0.339 e. The highest BCUT2D eigenvalue weighted by Gasteiger charge is 2.38. The molecule has 4 rings (SSSR count). The topological polar surface area (TPSA) is 60.9 Å². The van der Waals surface area contributed by atoms with E-state index in [0.29, 0.717) is 50.4 Å². The number of rotatable bonds is 6. The van der Waals surface area contributed by atoms with Gasteiger partial charge in [0, 0.05) is 39.1 Å². The average Bonchev–Trinajstić information content (AvgIpc) is 3.51. The monoisotopic (exact) mass is 439 g/mol. The van der Waals surface area contributed by atoms with Gasteiger partial charge in [0.1, 0.15) is 6.04 Å². The van der Waals surface area contributed by atoms with E-state index in [1.165, 1.54) is 16.9 Å². The van der Waals surface area contributed by atoms with Crippen molar-refractivity contribution >= 4 is 29.1 Å². The Kier molecular flexibility index (Phi) is 7.02.